The van der Waals surface area contributed by atoms with Gasteiger partial charge in [0.05, 0.1) is 13.2 Å². The highest BCUT2D eigenvalue weighted by Gasteiger charge is 2.32. The molecule has 1 saturated heterocycles. The van der Waals surface area contributed by atoms with E-state index in [4.69, 9.17) is 4.74 Å². The maximum atomic E-state index is 5.10. The van der Waals surface area contributed by atoms with Crippen molar-refractivity contribution in [3.05, 3.63) is 12.2 Å². The Hall–Kier alpha value is -0.630. The lowest BCUT2D eigenvalue weighted by atomic mass is 9.89. The molecule has 1 aliphatic heterocycles. The lowest BCUT2D eigenvalue weighted by Gasteiger charge is -2.36. The molecule has 0 radical (unpaired) electrons. The van der Waals surface area contributed by atoms with Gasteiger partial charge in [-0.3, -0.25) is 4.99 Å². The molecule has 0 aliphatic carbocycles. The third-order valence-electron chi connectivity index (χ3n) is 1.69. The van der Waals surface area contributed by atoms with Gasteiger partial charge in [0.25, 0.3) is 0 Å². The van der Waals surface area contributed by atoms with Gasteiger partial charge in [0.15, 0.2) is 0 Å². The van der Waals surface area contributed by atoms with Crippen LogP contribution in [0.15, 0.2) is 17.1 Å². The molecular formula is C9H15NO. The first kappa shape index (κ1) is 8.47. The van der Waals surface area contributed by atoms with Crippen molar-refractivity contribution in [2.45, 2.75) is 13.8 Å². The number of allylic oxidation sites excluding steroid dienone is 1. The van der Waals surface area contributed by atoms with E-state index in [2.05, 4.69) is 18.5 Å². The van der Waals surface area contributed by atoms with Crippen LogP contribution in [0.4, 0.5) is 0 Å². The smallest absolute Gasteiger partial charge is 0.0560 e. The summed E-state index contributed by atoms with van der Waals surface area (Å²) in [5, 5.41) is 0. The fraction of sp³-hybridized carbons (Fsp3) is 0.667. The van der Waals surface area contributed by atoms with Crippen molar-refractivity contribution in [1.29, 1.82) is 0 Å². The van der Waals surface area contributed by atoms with Gasteiger partial charge in [0.1, 0.15) is 0 Å². The Bertz CT molecular complexity index is 180. The highest BCUT2D eigenvalue weighted by Crippen LogP contribution is 2.26. The van der Waals surface area contributed by atoms with Gasteiger partial charge < -0.3 is 4.74 Å². The molecule has 0 saturated carbocycles. The van der Waals surface area contributed by atoms with E-state index < -0.39 is 0 Å². The summed E-state index contributed by atoms with van der Waals surface area (Å²) in [5.74, 6) is 0. The van der Waals surface area contributed by atoms with Gasteiger partial charge in [0.2, 0.25) is 0 Å². The number of ether oxygens (including phenoxy) is 1. The van der Waals surface area contributed by atoms with Gasteiger partial charge in [-0.25, -0.2) is 0 Å². The summed E-state index contributed by atoms with van der Waals surface area (Å²) >= 11 is 0. The SMILES string of the molecule is C=C(C)/C=N/CC1(C)COC1. The lowest BCUT2D eigenvalue weighted by molar-refractivity contribution is -0.0944. The first-order valence-corrected chi connectivity index (χ1v) is 3.85. The van der Waals surface area contributed by atoms with E-state index in [1.807, 2.05) is 13.1 Å². The molecule has 11 heavy (non-hydrogen) atoms. The summed E-state index contributed by atoms with van der Waals surface area (Å²) in [4.78, 5) is 4.26. The first-order chi connectivity index (χ1) is 5.12. The van der Waals surface area contributed by atoms with Crippen LogP contribution < -0.4 is 0 Å². The van der Waals surface area contributed by atoms with E-state index in [1.165, 1.54) is 0 Å². The molecule has 0 aromatic carbocycles. The van der Waals surface area contributed by atoms with Crippen molar-refractivity contribution in [3.63, 3.8) is 0 Å². The van der Waals surface area contributed by atoms with Gasteiger partial charge in [-0.15, -0.1) is 0 Å². The minimum absolute atomic E-state index is 0.298. The molecule has 0 bridgehead atoms. The lowest BCUT2D eigenvalue weighted by Crippen LogP contribution is -2.42. The van der Waals surface area contributed by atoms with Crippen LogP contribution in [0.25, 0.3) is 0 Å². The van der Waals surface area contributed by atoms with Crippen molar-refractivity contribution in [2.24, 2.45) is 10.4 Å². The molecule has 62 valence electrons. The molecular weight excluding hydrogens is 138 g/mol. The average Bonchev–Trinajstić information content (AvgIpc) is 1.83. The second kappa shape index (κ2) is 3.18. The topological polar surface area (TPSA) is 21.6 Å². The van der Waals surface area contributed by atoms with Crippen LogP contribution in [0.5, 0.6) is 0 Å². The summed E-state index contributed by atoms with van der Waals surface area (Å²) < 4.78 is 5.10. The Balaban J connectivity index is 2.26. The average molecular weight is 153 g/mol. The molecule has 0 aromatic heterocycles. The van der Waals surface area contributed by atoms with Crippen molar-refractivity contribution in [3.8, 4) is 0 Å². The molecule has 0 unspecified atom stereocenters. The molecule has 1 heterocycles. The Morgan fingerprint density at radius 3 is 2.73 bits per heavy atom. The zero-order chi connectivity index (χ0) is 8.32. The number of hydrogen-bond donors (Lipinski definition) is 0. The third kappa shape index (κ3) is 2.46. The highest BCUT2D eigenvalue weighted by atomic mass is 16.5. The third-order valence-corrected chi connectivity index (χ3v) is 1.69. The minimum Gasteiger partial charge on any atom is -0.380 e. The first-order valence-electron chi connectivity index (χ1n) is 3.85. The van der Waals surface area contributed by atoms with Crippen molar-refractivity contribution >= 4 is 6.21 Å². The number of hydrogen-bond acceptors (Lipinski definition) is 2. The molecule has 1 aliphatic rings. The maximum Gasteiger partial charge on any atom is 0.0560 e. The second-order valence-electron chi connectivity index (χ2n) is 3.62. The van der Waals surface area contributed by atoms with Crippen LogP contribution in [-0.4, -0.2) is 26.0 Å². The van der Waals surface area contributed by atoms with Gasteiger partial charge >= 0.3 is 0 Å². The molecule has 0 spiro atoms. The summed E-state index contributed by atoms with van der Waals surface area (Å²) in [6, 6.07) is 0. The summed E-state index contributed by atoms with van der Waals surface area (Å²) in [7, 11) is 0. The van der Waals surface area contributed by atoms with E-state index in [9.17, 15) is 0 Å². The highest BCUT2D eigenvalue weighted by molar-refractivity contribution is 5.76. The van der Waals surface area contributed by atoms with Crippen LogP contribution in [0, 0.1) is 5.41 Å². The Labute approximate surface area is 68.0 Å². The number of rotatable bonds is 3. The molecule has 0 atom stereocenters. The quantitative estimate of drug-likeness (QED) is 0.565. The van der Waals surface area contributed by atoms with E-state index in [0.29, 0.717) is 5.41 Å². The summed E-state index contributed by atoms with van der Waals surface area (Å²) in [6.07, 6.45) is 1.82. The zero-order valence-electron chi connectivity index (χ0n) is 7.26. The molecule has 0 aromatic rings. The van der Waals surface area contributed by atoms with Crippen LogP contribution >= 0.6 is 0 Å². The summed E-state index contributed by atoms with van der Waals surface area (Å²) in [6.45, 7) is 10.4. The zero-order valence-corrected chi connectivity index (χ0v) is 7.26. The van der Waals surface area contributed by atoms with Crippen LogP contribution in [0.3, 0.4) is 0 Å². The minimum atomic E-state index is 0.298. The molecule has 2 nitrogen and oxygen atoms in total. The maximum absolute atomic E-state index is 5.10. The fourth-order valence-corrected chi connectivity index (χ4v) is 0.964. The van der Waals surface area contributed by atoms with E-state index >= 15 is 0 Å². The van der Waals surface area contributed by atoms with Crippen LogP contribution in [0.2, 0.25) is 0 Å². The van der Waals surface area contributed by atoms with E-state index in [0.717, 1.165) is 25.3 Å². The van der Waals surface area contributed by atoms with Crippen molar-refractivity contribution < 1.29 is 4.74 Å². The van der Waals surface area contributed by atoms with Crippen molar-refractivity contribution in [2.75, 3.05) is 19.8 Å². The Morgan fingerprint density at radius 1 is 1.73 bits per heavy atom. The standard InChI is InChI=1S/C9H15NO/c1-8(2)4-10-5-9(3)6-11-7-9/h4H,1,5-7H2,2-3H3/b10-4+. The van der Waals surface area contributed by atoms with E-state index in [-0.39, 0.29) is 0 Å². The fourth-order valence-electron chi connectivity index (χ4n) is 0.964. The largest absolute Gasteiger partial charge is 0.380 e. The monoisotopic (exact) mass is 153 g/mol. The Kier molecular flexibility index (Phi) is 2.45. The predicted molar refractivity (Wildman–Crippen MR) is 47.1 cm³/mol. The second-order valence-corrected chi connectivity index (χ2v) is 3.62. The number of aliphatic imine (C=N–C) groups is 1. The number of nitrogens with zero attached hydrogens (tertiary/aromatic N) is 1. The predicted octanol–water partition coefficient (Wildman–Crippen LogP) is 1.67. The van der Waals surface area contributed by atoms with Gasteiger partial charge in [-0.1, -0.05) is 13.5 Å². The molecule has 1 fully saturated rings. The Morgan fingerprint density at radius 2 is 2.36 bits per heavy atom. The van der Waals surface area contributed by atoms with Crippen LogP contribution in [-0.2, 0) is 4.74 Å². The summed E-state index contributed by atoms with van der Waals surface area (Å²) in [5.41, 5.74) is 1.31. The van der Waals surface area contributed by atoms with Gasteiger partial charge in [-0.2, -0.15) is 0 Å². The molecule has 0 amide bonds. The van der Waals surface area contributed by atoms with E-state index in [1.54, 1.807) is 0 Å². The molecule has 1 rings (SSSR count). The molecule has 0 N–H and O–H groups in total. The normalized spacial score (nSPS) is 21.6. The van der Waals surface area contributed by atoms with Gasteiger partial charge in [0, 0.05) is 18.2 Å². The van der Waals surface area contributed by atoms with Gasteiger partial charge in [-0.05, 0) is 12.5 Å². The van der Waals surface area contributed by atoms with Crippen molar-refractivity contribution in [1.82, 2.24) is 0 Å². The van der Waals surface area contributed by atoms with Crippen LogP contribution in [0.1, 0.15) is 13.8 Å². The molecule has 2 heteroatoms.